The van der Waals surface area contributed by atoms with Crippen molar-refractivity contribution in [3.05, 3.63) is 28.8 Å². The highest BCUT2D eigenvalue weighted by Gasteiger charge is 2.46. The molecule has 0 N–H and O–H groups in total. The van der Waals surface area contributed by atoms with Crippen LogP contribution in [0.4, 0.5) is 5.69 Å². The van der Waals surface area contributed by atoms with Crippen LogP contribution in [-0.2, 0) is 10.2 Å². The molecule has 0 spiro atoms. The molecule has 17 heavy (non-hydrogen) atoms. The van der Waals surface area contributed by atoms with Crippen LogP contribution < -0.4 is 4.90 Å². The van der Waals surface area contributed by atoms with Gasteiger partial charge in [0, 0.05) is 13.5 Å². The van der Waals surface area contributed by atoms with Gasteiger partial charge in [0.25, 0.3) is 0 Å². The van der Waals surface area contributed by atoms with Gasteiger partial charge in [-0.1, -0.05) is 23.7 Å². The minimum absolute atomic E-state index is 0.0100. The third-order valence-electron chi connectivity index (χ3n) is 3.43. The Labute approximate surface area is 106 Å². The molecule has 88 valence electrons. The van der Waals surface area contributed by atoms with Gasteiger partial charge in [0.15, 0.2) is 0 Å². The van der Waals surface area contributed by atoms with Crippen LogP contribution >= 0.6 is 11.6 Å². The minimum Gasteiger partial charge on any atom is -0.313 e. The van der Waals surface area contributed by atoms with Crippen molar-refractivity contribution in [2.45, 2.75) is 25.2 Å². The Balaban J connectivity index is 2.56. The number of fused-ring (bicyclic) bond motifs is 1. The number of benzene rings is 1. The predicted molar refractivity (Wildman–Crippen MR) is 67.1 cm³/mol. The second kappa shape index (κ2) is 4.05. The first kappa shape index (κ1) is 11.9. The van der Waals surface area contributed by atoms with Crippen LogP contribution in [0.25, 0.3) is 0 Å². The number of nitrogens with zero attached hydrogens (tertiary/aromatic N) is 2. The van der Waals surface area contributed by atoms with Gasteiger partial charge in [-0.05, 0) is 25.0 Å². The van der Waals surface area contributed by atoms with E-state index in [1.165, 1.54) is 0 Å². The van der Waals surface area contributed by atoms with Gasteiger partial charge in [-0.15, -0.1) is 0 Å². The van der Waals surface area contributed by atoms with Crippen molar-refractivity contribution in [1.29, 1.82) is 5.26 Å². The SMILES string of the molecule is CN1C(=O)C(C)(CCC#N)c2cccc(Cl)c21. The molecule has 0 bridgehead atoms. The molecule has 1 heterocycles. The number of carbonyl (C=O) groups excluding carboxylic acids is 1. The maximum atomic E-state index is 12.3. The Kier molecular flexibility index (Phi) is 2.84. The molecule has 1 amide bonds. The molecule has 0 radical (unpaired) electrons. The highest BCUT2D eigenvalue weighted by Crippen LogP contribution is 2.46. The smallest absolute Gasteiger partial charge is 0.237 e. The van der Waals surface area contributed by atoms with E-state index in [4.69, 9.17) is 16.9 Å². The van der Waals surface area contributed by atoms with Gasteiger partial charge >= 0.3 is 0 Å². The Morgan fingerprint density at radius 3 is 2.88 bits per heavy atom. The van der Waals surface area contributed by atoms with E-state index in [-0.39, 0.29) is 5.91 Å². The molecule has 1 aromatic carbocycles. The van der Waals surface area contributed by atoms with Crippen molar-refractivity contribution in [3.63, 3.8) is 0 Å². The Bertz CT molecular complexity index is 521. The van der Waals surface area contributed by atoms with Crippen LogP contribution in [0.5, 0.6) is 0 Å². The van der Waals surface area contributed by atoms with Crippen molar-refractivity contribution >= 4 is 23.2 Å². The van der Waals surface area contributed by atoms with Gasteiger partial charge in [0.2, 0.25) is 5.91 Å². The zero-order valence-electron chi connectivity index (χ0n) is 9.83. The van der Waals surface area contributed by atoms with Crippen LogP contribution in [0.1, 0.15) is 25.3 Å². The lowest BCUT2D eigenvalue weighted by Crippen LogP contribution is -2.36. The number of amides is 1. The van der Waals surface area contributed by atoms with Gasteiger partial charge in [0.1, 0.15) is 0 Å². The summed E-state index contributed by atoms with van der Waals surface area (Å²) in [6.45, 7) is 1.88. The van der Waals surface area contributed by atoms with Crippen LogP contribution in [-0.4, -0.2) is 13.0 Å². The van der Waals surface area contributed by atoms with Gasteiger partial charge in [-0.3, -0.25) is 4.79 Å². The normalized spacial score (nSPS) is 22.5. The molecule has 1 atom stereocenters. The average Bonchev–Trinajstić information content (AvgIpc) is 2.51. The molecule has 3 nitrogen and oxygen atoms in total. The van der Waals surface area contributed by atoms with E-state index in [1.807, 2.05) is 19.1 Å². The second-order valence-corrected chi connectivity index (χ2v) is 4.90. The fraction of sp³-hybridized carbons (Fsp3) is 0.385. The van der Waals surface area contributed by atoms with Crippen LogP contribution in [0, 0.1) is 11.3 Å². The standard InChI is InChI=1S/C13H13ClN2O/c1-13(7-4-8-15)9-5-3-6-10(14)11(9)16(2)12(13)17/h3,5-6H,4,7H2,1-2H3. The molecule has 2 rings (SSSR count). The molecule has 1 unspecified atom stereocenters. The summed E-state index contributed by atoms with van der Waals surface area (Å²) in [7, 11) is 1.73. The number of para-hydroxylation sites is 1. The average molecular weight is 249 g/mol. The largest absolute Gasteiger partial charge is 0.313 e. The first-order chi connectivity index (χ1) is 8.02. The zero-order valence-corrected chi connectivity index (χ0v) is 10.6. The summed E-state index contributed by atoms with van der Waals surface area (Å²) < 4.78 is 0. The number of likely N-dealkylation sites (N-methyl/N-ethyl adjacent to an activating group) is 1. The lowest BCUT2D eigenvalue weighted by Gasteiger charge is -2.21. The van der Waals surface area contributed by atoms with Crippen molar-refractivity contribution in [2.24, 2.45) is 0 Å². The summed E-state index contributed by atoms with van der Waals surface area (Å²) in [4.78, 5) is 13.9. The number of carbonyl (C=O) groups is 1. The van der Waals surface area contributed by atoms with Crippen molar-refractivity contribution in [1.82, 2.24) is 0 Å². The fourth-order valence-corrected chi connectivity index (χ4v) is 2.74. The predicted octanol–water partition coefficient (Wildman–Crippen LogP) is 2.88. The monoisotopic (exact) mass is 248 g/mol. The molecular formula is C13H13ClN2O. The first-order valence-electron chi connectivity index (χ1n) is 5.46. The maximum Gasteiger partial charge on any atom is 0.237 e. The first-order valence-corrected chi connectivity index (χ1v) is 5.84. The van der Waals surface area contributed by atoms with E-state index in [0.717, 1.165) is 11.3 Å². The molecule has 0 saturated carbocycles. The maximum absolute atomic E-state index is 12.3. The summed E-state index contributed by atoms with van der Waals surface area (Å²) in [5.41, 5.74) is 1.08. The van der Waals surface area contributed by atoms with E-state index < -0.39 is 5.41 Å². The number of hydrogen-bond acceptors (Lipinski definition) is 2. The minimum atomic E-state index is -0.620. The van der Waals surface area contributed by atoms with Gasteiger partial charge in [-0.2, -0.15) is 5.26 Å². The molecule has 4 heteroatoms. The van der Waals surface area contributed by atoms with Crippen molar-refractivity contribution in [2.75, 3.05) is 11.9 Å². The van der Waals surface area contributed by atoms with Gasteiger partial charge < -0.3 is 4.90 Å². The lowest BCUT2D eigenvalue weighted by molar-refractivity contribution is -0.122. The summed E-state index contributed by atoms with van der Waals surface area (Å²) in [5.74, 6) is 0.0100. The third kappa shape index (κ3) is 1.60. The second-order valence-electron chi connectivity index (χ2n) is 4.49. The number of anilines is 1. The van der Waals surface area contributed by atoms with Crippen molar-refractivity contribution in [3.8, 4) is 6.07 Å². The van der Waals surface area contributed by atoms with E-state index in [0.29, 0.717) is 17.9 Å². The number of rotatable bonds is 2. The van der Waals surface area contributed by atoms with Crippen LogP contribution in [0.15, 0.2) is 18.2 Å². The highest BCUT2D eigenvalue weighted by molar-refractivity contribution is 6.35. The van der Waals surface area contributed by atoms with Crippen molar-refractivity contribution < 1.29 is 4.79 Å². The number of nitriles is 1. The number of hydrogen-bond donors (Lipinski definition) is 0. The van der Waals surface area contributed by atoms with Gasteiger partial charge in [-0.25, -0.2) is 0 Å². The quantitative estimate of drug-likeness (QED) is 0.808. The Hall–Kier alpha value is -1.53. The number of halogens is 1. The van der Waals surface area contributed by atoms with E-state index in [1.54, 1.807) is 18.0 Å². The lowest BCUT2D eigenvalue weighted by atomic mass is 9.80. The molecular weight excluding hydrogens is 236 g/mol. The molecule has 0 fully saturated rings. The molecule has 1 aromatic rings. The van der Waals surface area contributed by atoms with E-state index >= 15 is 0 Å². The topological polar surface area (TPSA) is 44.1 Å². The zero-order chi connectivity index (χ0) is 12.6. The molecule has 1 aliphatic heterocycles. The molecule has 0 aliphatic carbocycles. The van der Waals surface area contributed by atoms with Gasteiger partial charge in [0.05, 0.1) is 22.2 Å². The van der Waals surface area contributed by atoms with Crippen LogP contribution in [0.3, 0.4) is 0 Å². The summed E-state index contributed by atoms with van der Waals surface area (Å²) in [6, 6.07) is 7.64. The van der Waals surface area contributed by atoms with E-state index in [9.17, 15) is 4.79 Å². The Morgan fingerprint density at radius 1 is 1.53 bits per heavy atom. The molecule has 1 aliphatic rings. The highest BCUT2D eigenvalue weighted by atomic mass is 35.5. The summed E-state index contributed by atoms with van der Waals surface area (Å²) in [5, 5.41) is 9.28. The Morgan fingerprint density at radius 2 is 2.24 bits per heavy atom. The molecule has 0 saturated heterocycles. The summed E-state index contributed by atoms with van der Waals surface area (Å²) in [6.07, 6.45) is 0.891. The fourth-order valence-electron chi connectivity index (χ4n) is 2.44. The third-order valence-corrected chi connectivity index (χ3v) is 3.74. The molecule has 0 aromatic heterocycles. The summed E-state index contributed by atoms with van der Waals surface area (Å²) >= 11 is 6.13. The van der Waals surface area contributed by atoms with E-state index in [2.05, 4.69) is 6.07 Å². The van der Waals surface area contributed by atoms with Crippen LogP contribution in [0.2, 0.25) is 5.02 Å².